The molecule has 1 unspecified atom stereocenters. The summed E-state index contributed by atoms with van der Waals surface area (Å²) in [6.07, 6.45) is 3.97. The van der Waals surface area contributed by atoms with Crippen molar-refractivity contribution in [2.45, 2.75) is 24.1 Å². The smallest absolute Gasteiger partial charge is 0.191 e. The average Bonchev–Trinajstić information content (AvgIpc) is 3.19. The maximum absolute atomic E-state index is 9.78. The van der Waals surface area contributed by atoms with E-state index in [0.29, 0.717) is 12.5 Å². The molecule has 17 heavy (non-hydrogen) atoms. The number of anilines is 2. The fraction of sp³-hybridized carbons (Fsp3) is 0.636. The number of rotatable bonds is 6. The highest BCUT2D eigenvalue weighted by Gasteiger charge is 2.29. The van der Waals surface area contributed by atoms with Gasteiger partial charge in [0.1, 0.15) is 11.6 Å². The van der Waals surface area contributed by atoms with E-state index in [2.05, 4.69) is 20.6 Å². The number of aliphatic hydroxyl groups is 1. The fourth-order valence-corrected chi connectivity index (χ4v) is 1.97. The predicted octanol–water partition coefficient (Wildman–Crippen LogP) is 1.42. The van der Waals surface area contributed by atoms with Gasteiger partial charge in [0.15, 0.2) is 5.16 Å². The van der Waals surface area contributed by atoms with Crippen LogP contribution in [0.2, 0.25) is 0 Å². The summed E-state index contributed by atoms with van der Waals surface area (Å²) in [5, 5.41) is 16.7. The van der Waals surface area contributed by atoms with Crippen LogP contribution in [-0.2, 0) is 0 Å². The summed E-state index contributed by atoms with van der Waals surface area (Å²) >= 11 is 1.50. The normalized spacial score (nSPS) is 16.6. The van der Waals surface area contributed by atoms with Crippen molar-refractivity contribution in [2.75, 3.05) is 30.5 Å². The molecular weight excluding hydrogens is 236 g/mol. The van der Waals surface area contributed by atoms with Crippen LogP contribution in [0.4, 0.5) is 11.6 Å². The van der Waals surface area contributed by atoms with Crippen molar-refractivity contribution in [3.63, 3.8) is 0 Å². The lowest BCUT2D eigenvalue weighted by molar-refractivity contribution is 0.164. The number of nitrogens with one attached hydrogen (secondary N) is 2. The summed E-state index contributed by atoms with van der Waals surface area (Å²) in [7, 11) is 1.83. The van der Waals surface area contributed by atoms with Crippen LogP contribution in [0.15, 0.2) is 11.2 Å². The van der Waals surface area contributed by atoms with Gasteiger partial charge in [-0.1, -0.05) is 11.8 Å². The van der Waals surface area contributed by atoms with Crippen LogP contribution in [0, 0.1) is 5.92 Å². The Morgan fingerprint density at radius 1 is 1.47 bits per heavy atom. The third-order valence-electron chi connectivity index (χ3n) is 2.80. The molecule has 2 rings (SSSR count). The lowest BCUT2D eigenvalue weighted by atomic mass is 10.2. The lowest BCUT2D eigenvalue weighted by Gasteiger charge is -2.12. The summed E-state index contributed by atoms with van der Waals surface area (Å²) < 4.78 is 0. The molecule has 5 nitrogen and oxygen atoms in total. The lowest BCUT2D eigenvalue weighted by Crippen LogP contribution is -2.22. The van der Waals surface area contributed by atoms with E-state index in [4.69, 9.17) is 0 Å². The first-order valence-corrected chi connectivity index (χ1v) is 6.98. The van der Waals surface area contributed by atoms with E-state index in [-0.39, 0.29) is 6.10 Å². The van der Waals surface area contributed by atoms with Crippen LogP contribution in [-0.4, -0.2) is 41.0 Å². The summed E-state index contributed by atoms with van der Waals surface area (Å²) in [4.78, 5) is 8.62. The number of hydrogen-bond donors (Lipinski definition) is 3. The minimum atomic E-state index is -0.263. The second-order valence-electron chi connectivity index (χ2n) is 4.16. The van der Waals surface area contributed by atoms with E-state index in [9.17, 15) is 5.11 Å². The van der Waals surface area contributed by atoms with Crippen LogP contribution in [0.25, 0.3) is 0 Å². The Labute approximate surface area is 105 Å². The molecule has 94 valence electrons. The number of aliphatic hydroxyl groups excluding tert-OH is 1. The Morgan fingerprint density at radius 3 is 2.76 bits per heavy atom. The van der Waals surface area contributed by atoms with Gasteiger partial charge in [0.25, 0.3) is 0 Å². The van der Waals surface area contributed by atoms with Crippen molar-refractivity contribution in [3.05, 3.63) is 6.07 Å². The highest BCUT2D eigenvalue weighted by molar-refractivity contribution is 7.98. The Hall–Kier alpha value is -1.01. The standard InChI is InChI=1S/C11H18N4OS/c1-12-9-5-10(15-11(14-9)17-2)13-6-8(16)7-3-4-7/h5,7-8,16H,3-4,6H2,1-2H3,(H2,12,13,14,15). The highest BCUT2D eigenvalue weighted by Crippen LogP contribution is 2.32. The Kier molecular flexibility index (Phi) is 4.06. The van der Waals surface area contributed by atoms with Crippen molar-refractivity contribution in [2.24, 2.45) is 5.92 Å². The quantitative estimate of drug-likeness (QED) is 0.527. The molecule has 3 N–H and O–H groups in total. The number of aromatic nitrogens is 2. The molecular formula is C11H18N4OS. The number of nitrogens with zero attached hydrogens (tertiary/aromatic N) is 2. The first-order chi connectivity index (χ1) is 8.22. The molecule has 0 radical (unpaired) electrons. The van der Waals surface area contributed by atoms with E-state index >= 15 is 0 Å². The van der Waals surface area contributed by atoms with Crippen LogP contribution in [0.5, 0.6) is 0 Å². The van der Waals surface area contributed by atoms with Gasteiger partial charge in [0, 0.05) is 19.7 Å². The zero-order valence-corrected chi connectivity index (χ0v) is 10.9. The van der Waals surface area contributed by atoms with Crippen LogP contribution in [0.3, 0.4) is 0 Å². The third-order valence-corrected chi connectivity index (χ3v) is 3.35. The molecule has 6 heteroatoms. The zero-order valence-electron chi connectivity index (χ0n) is 10.1. The predicted molar refractivity (Wildman–Crippen MR) is 70.6 cm³/mol. The first kappa shape index (κ1) is 12.4. The van der Waals surface area contributed by atoms with Crippen molar-refractivity contribution < 1.29 is 5.11 Å². The van der Waals surface area contributed by atoms with Crippen LogP contribution >= 0.6 is 11.8 Å². The third kappa shape index (κ3) is 3.47. The SMILES string of the molecule is CNc1cc(NCC(O)C2CC2)nc(SC)n1. The molecule has 0 amide bonds. The van der Waals surface area contributed by atoms with Crippen molar-refractivity contribution in [3.8, 4) is 0 Å². The van der Waals surface area contributed by atoms with Gasteiger partial charge in [-0.15, -0.1) is 0 Å². The molecule has 1 aliphatic rings. The number of thioether (sulfide) groups is 1. The van der Waals surface area contributed by atoms with Crippen molar-refractivity contribution in [1.82, 2.24) is 9.97 Å². The average molecular weight is 254 g/mol. The highest BCUT2D eigenvalue weighted by atomic mass is 32.2. The molecule has 1 aromatic rings. The molecule has 1 heterocycles. The molecule has 0 aromatic carbocycles. The summed E-state index contributed by atoms with van der Waals surface area (Å²) in [6.45, 7) is 0.554. The molecule has 1 aromatic heterocycles. The van der Waals surface area contributed by atoms with E-state index in [0.717, 1.165) is 29.6 Å². The van der Waals surface area contributed by atoms with Gasteiger partial charge in [-0.25, -0.2) is 9.97 Å². The monoisotopic (exact) mass is 254 g/mol. The van der Waals surface area contributed by atoms with Gasteiger partial charge >= 0.3 is 0 Å². The minimum Gasteiger partial charge on any atom is -0.391 e. The number of hydrogen-bond acceptors (Lipinski definition) is 6. The topological polar surface area (TPSA) is 70.1 Å². The van der Waals surface area contributed by atoms with Crippen LogP contribution < -0.4 is 10.6 Å². The molecule has 1 aliphatic carbocycles. The molecule has 0 saturated heterocycles. The summed E-state index contributed by atoms with van der Waals surface area (Å²) in [5.74, 6) is 2.02. The van der Waals surface area contributed by atoms with Gasteiger partial charge in [0.2, 0.25) is 0 Å². The van der Waals surface area contributed by atoms with Crippen molar-refractivity contribution in [1.29, 1.82) is 0 Å². The summed E-state index contributed by atoms with van der Waals surface area (Å²) in [6, 6.07) is 1.85. The summed E-state index contributed by atoms with van der Waals surface area (Å²) in [5.41, 5.74) is 0. The minimum absolute atomic E-state index is 0.263. The molecule has 1 saturated carbocycles. The maximum Gasteiger partial charge on any atom is 0.191 e. The molecule has 0 bridgehead atoms. The van der Waals surface area contributed by atoms with E-state index in [1.54, 1.807) is 0 Å². The van der Waals surface area contributed by atoms with E-state index in [1.165, 1.54) is 11.8 Å². The Morgan fingerprint density at radius 2 is 2.18 bits per heavy atom. The maximum atomic E-state index is 9.78. The van der Waals surface area contributed by atoms with Gasteiger partial charge in [-0.2, -0.15) is 0 Å². The van der Waals surface area contributed by atoms with Gasteiger partial charge in [0.05, 0.1) is 6.10 Å². The van der Waals surface area contributed by atoms with Crippen molar-refractivity contribution >= 4 is 23.4 Å². The second kappa shape index (κ2) is 5.55. The van der Waals surface area contributed by atoms with E-state index in [1.807, 2.05) is 19.4 Å². The largest absolute Gasteiger partial charge is 0.391 e. The van der Waals surface area contributed by atoms with Gasteiger partial charge < -0.3 is 15.7 Å². The molecule has 0 spiro atoms. The Bertz CT molecular complexity index is 361. The van der Waals surface area contributed by atoms with Crippen LogP contribution in [0.1, 0.15) is 12.8 Å². The zero-order chi connectivity index (χ0) is 12.3. The molecule has 1 fully saturated rings. The molecule has 1 atom stereocenters. The second-order valence-corrected chi connectivity index (χ2v) is 4.93. The van der Waals surface area contributed by atoms with Gasteiger partial charge in [-0.05, 0) is 25.0 Å². The Balaban J connectivity index is 1.98. The first-order valence-electron chi connectivity index (χ1n) is 5.75. The van der Waals surface area contributed by atoms with Gasteiger partial charge in [-0.3, -0.25) is 0 Å². The molecule has 0 aliphatic heterocycles. The van der Waals surface area contributed by atoms with E-state index < -0.39 is 0 Å². The fourth-order valence-electron chi connectivity index (χ4n) is 1.59.